The fourth-order valence-corrected chi connectivity index (χ4v) is 3.61. The van der Waals surface area contributed by atoms with Gasteiger partial charge in [-0.25, -0.2) is 4.79 Å². The molecule has 9 heteroatoms. The molecule has 0 aliphatic carbocycles. The maximum absolute atomic E-state index is 12.0. The molecule has 0 aromatic carbocycles. The first-order chi connectivity index (χ1) is 10.1. The van der Waals surface area contributed by atoms with Gasteiger partial charge in [-0.05, 0) is 17.7 Å². The molecule has 1 aliphatic heterocycles. The molecule has 5 atom stereocenters. The monoisotopic (exact) mass is 335 g/mol. The zero-order valence-corrected chi connectivity index (χ0v) is 13.6. The van der Waals surface area contributed by atoms with Crippen molar-refractivity contribution in [1.29, 1.82) is 0 Å². The average Bonchev–Trinajstić information content (AvgIpc) is 2.68. The Morgan fingerprint density at radius 2 is 1.95 bits per heavy atom. The standard InChI is InChI=1S/C13H21NO7S/c1-5(2)7(15)13(8(16)6(3)10(17)14-13)9(11(18)21-4)22-12(19)20/h5-9,15-16H,1-4H3,(H,14,17)(H,19,20). The van der Waals surface area contributed by atoms with Gasteiger partial charge in [-0.3, -0.25) is 9.59 Å². The van der Waals surface area contributed by atoms with Crippen LogP contribution in [0.5, 0.6) is 0 Å². The second-order valence-electron chi connectivity index (χ2n) is 5.63. The Bertz CT molecular complexity index is 469. The predicted octanol–water partition coefficient (Wildman–Crippen LogP) is -0.178. The van der Waals surface area contributed by atoms with E-state index in [1.54, 1.807) is 13.8 Å². The summed E-state index contributed by atoms with van der Waals surface area (Å²) in [6.07, 6.45) is -2.78. The highest BCUT2D eigenvalue weighted by Crippen LogP contribution is 2.40. The molecular formula is C13H21NO7S. The summed E-state index contributed by atoms with van der Waals surface area (Å²) >= 11 is 0.189. The molecule has 0 saturated carbocycles. The molecule has 8 nitrogen and oxygen atoms in total. The van der Waals surface area contributed by atoms with Crippen LogP contribution < -0.4 is 5.32 Å². The fourth-order valence-electron chi connectivity index (χ4n) is 2.68. The van der Waals surface area contributed by atoms with Crippen molar-refractivity contribution in [3.05, 3.63) is 0 Å². The van der Waals surface area contributed by atoms with Crippen LogP contribution >= 0.6 is 11.8 Å². The van der Waals surface area contributed by atoms with Crippen molar-refractivity contribution in [3.63, 3.8) is 0 Å². The molecule has 0 radical (unpaired) electrons. The van der Waals surface area contributed by atoms with Crippen LogP contribution in [0.1, 0.15) is 20.8 Å². The lowest BCUT2D eigenvalue weighted by Gasteiger charge is -2.42. The van der Waals surface area contributed by atoms with Crippen LogP contribution in [0, 0.1) is 11.8 Å². The lowest BCUT2D eigenvalue weighted by molar-refractivity contribution is -0.145. The molecule has 0 spiro atoms. The minimum absolute atomic E-state index is 0.189. The minimum Gasteiger partial charge on any atom is -0.473 e. The third kappa shape index (κ3) is 3.06. The Kier molecular flexibility index (Phi) is 5.82. The molecule has 0 aromatic heterocycles. The molecular weight excluding hydrogens is 314 g/mol. The van der Waals surface area contributed by atoms with Crippen LogP contribution in [-0.2, 0) is 14.3 Å². The molecule has 1 aliphatic rings. The van der Waals surface area contributed by atoms with Crippen LogP contribution in [0.3, 0.4) is 0 Å². The number of aliphatic hydroxyl groups excluding tert-OH is 2. The van der Waals surface area contributed by atoms with Gasteiger partial charge >= 0.3 is 11.3 Å². The SMILES string of the molecule is COC(=O)C(SC(=O)O)C1(C(O)C(C)C)NC(=O)C(C)C1O. The molecule has 1 fully saturated rings. The van der Waals surface area contributed by atoms with Gasteiger partial charge in [-0.15, -0.1) is 0 Å². The minimum atomic E-state index is -1.83. The van der Waals surface area contributed by atoms with Crippen LogP contribution in [0.4, 0.5) is 4.79 Å². The zero-order chi connectivity index (χ0) is 17.2. The van der Waals surface area contributed by atoms with E-state index >= 15 is 0 Å². The second-order valence-corrected chi connectivity index (χ2v) is 6.69. The Labute approximate surface area is 132 Å². The summed E-state index contributed by atoms with van der Waals surface area (Å²) in [6.45, 7) is 4.71. The van der Waals surface area contributed by atoms with Crippen molar-refractivity contribution in [2.24, 2.45) is 11.8 Å². The molecule has 5 unspecified atom stereocenters. The number of carbonyl (C=O) groups is 3. The Morgan fingerprint density at radius 1 is 1.41 bits per heavy atom. The van der Waals surface area contributed by atoms with E-state index in [0.29, 0.717) is 0 Å². The highest BCUT2D eigenvalue weighted by molar-refractivity contribution is 8.14. The number of carboxylic acid groups (broad SMARTS) is 1. The summed E-state index contributed by atoms with van der Waals surface area (Å²) in [7, 11) is 1.07. The third-order valence-electron chi connectivity index (χ3n) is 3.90. The van der Waals surface area contributed by atoms with E-state index < -0.39 is 52.0 Å². The van der Waals surface area contributed by atoms with Gasteiger partial charge in [0, 0.05) is 0 Å². The number of ether oxygens (including phenoxy) is 1. The predicted molar refractivity (Wildman–Crippen MR) is 78.3 cm³/mol. The van der Waals surface area contributed by atoms with Crippen LogP contribution in [0.15, 0.2) is 0 Å². The largest absolute Gasteiger partial charge is 0.473 e. The number of aliphatic hydroxyl groups is 2. The Balaban J connectivity index is 3.44. The molecule has 126 valence electrons. The first-order valence-corrected chi connectivity index (χ1v) is 7.63. The van der Waals surface area contributed by atoms with E-state index in [4.69, 9.17) is 5.11 Å². The summed E-state index contributed by atoms with van der Waals surface area (Å²) in [6, 6.07) is 0. The molecule has 1 saturated heterocycles. The molecule has 22 heavy (non-hydrogen) atoms. The van der Waals surface area contributed by atoms with Gasteiger partial charge < -0.3 is 25.4 Å². The number of thioether (sulfide) groups is 1. The van der Waals surface area contributed by atoms with E-state index in [9.17, 15) is 24.6 Å². The molecule has 1 rings (SSSR count). The summed E-state index contributed by atoms with van der Waals surface area (Å²) in [5, 5.41) is 29.6. The highest BCUT2D eigenvalue weighted by atomic mass is 32.2. The first kappa shape index (κ1) is 18.7. The number of rotatable bonds is 5. The van der Waals surface area contributed by atoms with Crippen molar-refractivity contribution < 1.29 is 34.4 Å². The average molecular weight is 335 g/mol. The van der Waals surface area contributed by atoms with Crippen LogP contribution in [-0.4, -0.2) is 62.6 Å². The van der Waals surface area contributed by atoms with Crippen molar-refractivity contribution >= 4 is 28.9 Å². The first-order valence-electron chi connectivity index (χ1n) is 6.75. The van der Waals surface area contributed by atoms with Gasteiger partial charge in [0.05, 0.1) is 25.2 Å². The Hall–Kier alpha value is -1.32. The second kappa shape index (κ2) is 6.84. The van der Waals surface area contributed by atoms with E-state index in [1.165, 1.54) is 6.92 Å². The van der Waals surface area contributed by atoms with Gasteiger partial charge in [0.2, 0.25) is 5.91 Å². The number of amides is 1. The topological polar surface area (TPSA) is 133 Å². The zero-order valence-electron chi connectivity index (χ0n) is 12.8. The number of carbonyl (C=O) groups excluding carboxylic acids is 2. The van der Waals surface area contributed by atoms with Crippen molar-refractivity contribution in [2.75, 3.05) is 7.11 Å². The maximum Gasteiger partial charge on any atom is 0.365 e. The van der Waals surface area contributed by atoms with Gasteiger partial charge in [0.15, 0.2) is 0 Å². The highest BCUT2D eigenvalue weighted by Gasteiger charge is 2.63. The number of esters is 1. The lowest BCUT2D eigenvalue weighted by Crippen LogP contribution is -2.68. The number of methoxy groups -OCH3 is 1. The van der Waals surface area contributed by atoms with Crippen molar-refractivity contribution in [2.45, 2.75) is 43.8 Å². The fraction of sp³-hybridized carbons (Fsp3) is 0.769. The quantitative estimate of drug-likeness (QED) is 0.509. The molecule has 4 N–H and O–H groups in total. The normalized spacial score (nSPS) is 30.8. The van der Waals surface area contributed by atoms with Crippen molar-refractivity contribution in [1.82, 2.24) is 5.32 Å². The van der Waals surface area contributed by atoms with Crippen molar-refractivity contribution in [3.8, 4) is 0 Å². The summed E-state index contributed by atoms with van der Waals surface area (Å²) in [4.78, 5) is 35.1. The molecule has 0 aromatic rings. The summed E-state index contributed by atoms with van der Waals surface area (Å²) < 4.78 is 4.60. The van der Waals surface area contributed by atoms with E-state index in [1.807, 2.05) is 0 Å². The van der Waals surface area contributed by atoms with Gasteiger partial charge in [0.25, 0.3) is 0 Å². The van der Waals surface area contributed by atoms with Gasteiger partial charge in [0.1, 0.15) is 10.8 Å². The summed E-state index contributed by atoms with van der Waals surface area (Å²) in [5.74, 6) is -2.84. The smallest absolute Gasteiger partial charge is 0.365 e. The number of nitrogens with one attached hydrogen (secondary N) is 1. The molecule has 0 bridgehead atoms. The maximum atomic E-state index is 12.0. The number of hydrogen-bond acceptors (Lipinski definition) is 7. The third-order valence-corrected chi connectivity index (χ3v) is 4.92. The summed E-state index contributed by atoms with van der Waals surface area (Å²) in [5.41, 5.74) is -1.83. The lowest BCUT2D eigenvalue weighted by atomic mass is 9.77. The van der Waals surface area contributed by atoms with Gasteiger partial charge in [-0.2, -0.15) is 0 Å². The van der Waals surface area contributed by atoms with Crippen LogP contribution in [0.2, 0.25) is 0 Å². The van der Waals surface area contributed by atoms with Crippen LogP contribution in [0.25, 0.3) is 0 Å². The Morgan fingerprint density at radius 3 is 2.27 bits per heavy atom. The van der Waals surface area contributed by atoms with E-state index in [-0.39, 0.29) is 11.8 Å². The van der Waals surface area contributed by atoms with E-state index in [0.717, 1.165) is 7.11 Å². The molecule has 1 heterocycles. The van der Waals surface area contributed by atoms with Gasteiger partial charge in [-0.1, -0.05) is 20.8 Å². The number of hydrogen-bond donors (Lipinski definition) is 4. The molecule has 1 amide bonds. The van der Waals surface area contributed by atoms with E-state index in [2.05, 4.69) is 10.1 Å².